The zero-order chi connectivity index (χ0) is 14.7. The van der Waals surface area contributed by atoms with Crippen molar-refractivity contribution in [1.29, 1.82) is 0 Å². The van der Waals surface area contributed by atoms with E-state index in [4.69, 9.17) is 9.47 Å². The Morgan fingerprint density at radius 3 is 2.10 bits per heavy atom. The van der Waals surface area contributed by atoms with E-state index in [0.717, 1.165) is 20.3 Å². The summed E-state index contributed by atoms with van der Waals surface area (Å²) in [5.41, 5.74) is 0.832. The van der Waals surface area contributed by atoms with Crippen molar-refractivity contribution < 1.29 is 14.6 Å². The summed E-state index contributed by atoms with van der Waals surface area (Å²) in [5, 5.41) is 9.55. The minimum absolute atomic E-state index is 0.506. The summed E-state index contributed by atoms with van der Waals surface area (Å²) in [6.07, 6.45) is -0.506. The highest BCUT2D eigenvalue weighted by molar-refractivity contribution is 9.11. The minimum Gasteiger partial charge on any atom is -0.497 e. The highest BCUT2D eigenvalue weighted by Gasteiger charge is 2.09. The van der Waals surface area contributed by atoms with Crippen molar-refractivity contribution in [2.75, 3.05) is 7.11 Å². The van der Waals surface area contributed by atoms with Crippen LogP contribution >= 0.6 is 31.9 Å². The number of aliphatic hydroxyl groups excluding tert-OH is 1. The number of methoxy groups -OCH3 is 1. The van der Waals surface area contributed by atoms with E-state index in [2.05, 4.69) is 31.9 Å². The standard InChI is InChI=1S/C15H14Br2O3/c1-9(18)10-3-5-14(12(16)7-10)20-15-6-4-11(19-2)8-13(15)17/h3-9,18H,1-2H3. The fourth-order valence-corrected chi connectivity index (χ4v) is 2.59. The topological polar surface area (TPSA) is 38.7 Å². The summed E-state index contributed by atoms with van der Waals surface area (Å²) in [5.74, 6) is 2.13. The first-order chi connectivity index (χ1) is 9.51. The first-order valence-corrected chi connectivity index (χ1v) is 7.58. The van der Waals surface area contributed by atoms with Crippen molar-refractivity contribution in [3.05, 3.63) is 50.9 Å². The Labute approximate surface area is 134 Å². The van der Waals surface area contributed by atoms with Crippen LogP contribution < -0.4 is 9.47 Å². The number of benzene rings is 2. The van der Waals surface area contributed by atoms with Crippen molar-refractivity contribution in [3.8, 4) is 17.2 Å². The smallest absolute Gasteiger partial charge is 0.141 e. The van der Waals surface area contributed by atoms with Gasteiger partial charge in [-0.25, -0.2) is 0 Å². The van der Waals surface area contributed by atoms with Gasteiger partial charge in [-0.05, 0) is 74.7 Å². The van der Waals surface area contributed by atoms with Crippen LogP contribution in [0.4, 0.5) is 0 Å². The molecule has 0 amide bonds. The summed E-state index contributed by atoms with van der Waals surface area (Å²) in [6.45, 7) is 1.72. The highest BCUT2D eigenvalue weighted by Crippen LogP contribution is 2.36. The zero-order valence-electron chi connectivity index (χ0n) is 11.1. The Hall–Kier alpha value is -1.04. The molecule has 106 valence electrons. The van der Waals surface area contributed by atoms with Gasteiger partial charge >= 0.3 is 0 Å². The third kappa shape index (κ3) is 3.53. The van der Waals surface area contributed by atoms with E-state index < -0.39 is 6.10 Å². The molecule has 0 bridgehead atoms. The van der Waals surface area contributed by atoms with Gasteiger partial charge in [0.15, 0.2) is 0 Å². The first-order valence-electron chi connectivity index (χ1n) is 6.00. The van der Waals surface area contributed by atoms with Crippen LogP contribution in [0, 0.1) is 0 Å². The van der Waals surface area contributed by atoms with E-state index in [9.17, 15) is 5.11 Å². The lowest BCUT2D eigenvalue weighted by atomic mass is 10.1. The van der Waals surface area contributed by atoms with Crippen molar-refractivity contribution in [2.24, 2.45) is 0 Å². The normalized spacial score (nSPS) is 12.1. The largest absolute Gasteiger partial charge is 0.497 e. The van der Waals surface area contributed by atoms with E-state index in [1.807, 2.05) is 36.4 Å². The fraction of sp³-hybridized carbons (Fsp3) is 0.200. The van der Waals surface area contributed by atoms with Gasteiger partial charge in [-0.15, -0.1) is 0 Å². The third-order valence-corrected chi connectivity index (χ3v) is 4.04. The van der Waals surface area contributed by atoms with Gasteiger partial charge in [-0.1, -0.05) is 6.07 Å². The summed E-state index contributed by atoms with van der Waals surface area (Å²) in [4.78, 5) is 0. The molecule has 2 aromatic carbocycles. The number of rotatable bonds is 4. The van der Waals surface area contributed by atoms with Crippen LogP contribution in [0.15, 0.2) is 45.3 Å². The van der Waals surface area contributed by atoms with Gasteiger partial charge in [0.2, 0.25) is 0 Å². The lowest BCUT2D eigenvalue weighted by Gasteiger charge is -2.12. The Balaban J connectivity index is 2.26. The number of aliphatic hydroxyl groups is 1. The second-order valence-corrected chi connectivity index (χ2v) is 5.97. The molecular formula is C15H14Br2O3. The van der Waals surface area contributed by atoms with Gasteiger partial charge in [-0.3, -0.25) is 0 Å². The SMILES string of the molecule is COc1ccc(Oc2ccc(C(C)O)cc2Br)c(Br)c1. The first kappa shape index (κ1) is 15.4. The Morgan fingerprint density at radius 1 is 1.00 bits per heavy atom. The molecule has 20 heavy (non-hydrogen) atoms. The van der Waals surface area contributed by atoms with Crippen LogP contribution in [-0.4, -0.2) is 12.2 Å². The summed E-state index contributed by atoms with van der Waals surface area (Å²) in [6, 6.07) is 11.0. The van der Waals surface area contributed by atoms with E-state index in [-0.39, 0.29) is 0 Å². The molecule has 0 fully saturated rings. The van der Waals surface area contributed by atoms with E-state index in [0.29, 0.717) is 11.5 Å². The number of ether oxygens (including phenoxy) is 2. The quantitative estimate of drug-likeness (QED) is 0.777. The third-order valence-electron chi connectivity index (χ3n) is 2.80. The molecular weight excluding hydrogens is 388 g/mol. The lowest BCUT2D eigenvalue weighted by Crippen LogP contribution is -1.93. The summed E-state index contributed by atoms with van der Waals surface area (Å²) in [7, 11) is 1.62. The molecule has 1 unspecified atom stereocenters. The number of hydrogen-bond donors (Lipinski definition) is 1. The molecule has 0 aliphatic carbocycles. The molecule has 0 saturated heterocycles. The van der Waals surface area contributed by atoms with Crippen LogP contribution in [-0.2, 0) is 0 Å². The molecule has 0 spiro atoms. The molecule has 3 nitrogen and oxygen atoms in total. The monoisotopic (exact) mass is 400 g/mol. The predicted octanol–water partition coefficient (Wildman–Crippen LogP) is 5.07. The number of halogens is 2. The second kappa shape index (κ2) is 6.61. The van der Waals surface area contributed by atoms with Crippen LogP contribution in [0.5, 0.6) is 17.2 Å². The average Bonchev–Trinajstić information content (AvgIpc) is 2.42. The predicted molar refractivity (Wildman–Crippen MR) is 85.5 cm³/mol. The molecule has 0 aromatic heterocycles. The van der Waals surface area contributed by atoms with Crippen molar-refractivity contribution in [3.63, 3.8) is 0 Å². The highest BCUT2D eigenvalue weighted by atomic mass is 79.9. The molecule has 5 heteroatoms. The zero-order valence-corrected chi connectivity index (χ0v) is 14.2. The molecule has 0 radical (unpaired) electrons. The van der Waals surface area contributed by atoms with Crippen LogP contribution in [0.1, 0.15) is 18.6 Å². The van der Waals surface area contributed by atoms with E-state index >= 15 is 0 Å². The van der Waals surface area contributed by atoms with Gasteiger partial charge in [0.1, 0.15) is 17.2 Å². The van der Waals surface area contributed by atoms with Crippen LogP contribution in [0.3, 0.4) is 0 Å². The minimum atomic E-state index is -0.506. The lowest BCUT2D eigenvalue weighted by molar-refractivity contribution is 0.199. The Bertz CT molecular complexity index is 612. The van der Waals surface area contributed by atoms with Gasteiger partial charge in [0.25, 0.3) is 0 Å². The summed E-state index contributed by atoms with van der Waals surface area (Å²) >= 11 is 6.90. The van der Waals surface area contributed by atoms with Gasteiger partial charge < -0.3 is 14.6 Å². The second-order valence-electron chi connectivity index (χ2n) is 4.26. The van der Waals surface area contributed by atoms with Crippen molar-refractivity contribution in [1.82, 2.24) is 0 Å². The molecule has 0 saturated carbocycles. The van der Waals surface area contributed by atoms with E-state index in [1.54, 1.807) is 14.0 Å². The maximum atomic E-state index is 9.55. The molecule has 0 aliphatic rings. The molecule has 2 rings (SSSR count). The maximum absolute atomic E-state index is 9.55. The molecule has 1 N–H and O–H groups in total. The molecule has 0 heterocycles. The van der Waals surface area contributed by atoms with Crippen molar-refractivity contribution in [2.45, 2.75) is 13.0 Å². The van der Waals surface area contributed by atoms with Gasteiger partial charge in [0.05, 0.1) is 22.2 Å². The molecule has 0 aliphatic heterocycles. The summed E-state index contributed by atoms with van der Waals surface area (Å²) < 4.78 is 12.6. The Morgan fingerprint density at radius 2 is 1.60 bits per heavy atom. The van der Waals surface area contributed by atoms with Crippen LogP contribution in [0.2, 0.25) is 0 Å². The van der Waals surface area contributed by atoms with E-state index in [1.165, 1.54) is 0 Å². The molecule has 1 atom stereocenters. The van der Waals surface area contributed by atoms with Crippen LogP contribution in [0.25, 0.3) is 0 Å². The average molecular weight is 402 g/mol. The van der Waals surface area contributed by atoms with Gasteiger partial charge in [-0.2, -0.15) is 0 Å². The van der Waals surface area contributed by atoms with Crippen molar-refractivity contribution >= 4 is 31.9 Å². The fourth-order valence-electron chi connectivity index (χ4n) is 1.67. The van der Waals surface area contributed by atoms with Gasteiger partial charge in [0, 0.05) is 0 Å². The Kier molecular flexibility index (Phi) is 5.07. The number of hydrogen-bond acceptors (Lipinski definition) is 3. The maximum Gasteiger partial charge on any atom is 0.141 e. The molecule has 2 aromatic rings.